The van der Waals surface area contributed by atoms with Crippen LogP contribution in [0.5, 0.6) is 0 Å². The number of rotatable bonds is 6. The third-order valence-electron chi connectivity index (χ3n) is 5.71. The average Bonchev–Trinajstić information content (AvgIpc) is 3.51. The van der Waals surface area contributed by atoms with Gasteiger partial charge in [0.1, 0.15) is 5.82 Å². The smallest absolute Gasteiger partial charge is 0.191 e. The van der Waals surface area contributed by atoms with E-state index in [0.717, 1.165) is 37.8 Å². The summed E-state index contributed by atoms with van der Waals surface area (Å²) in [4.78, 5) is 15.2. The largest absolute Gasteiger partial charge is 0.354 e. The van der Waals surface area contributed by atoms with Gasteiger partial charge < -0.3 is 15.5 Å². The first-order valence-electron chi connectivity index (χ1n) is 10.3. The number of nitrogens with zero attached hydrogens (tertiary/aromatic N) is 4. The lowest BCUT2D eigenvalue weighted by Crippen LogP contribution is -2.47. The third-order valence-corrected chi connectivity index (χ3v) is 6.98. The zero-order valence-electron chi connectivity index (χ0n) is 17.3. The lowest BCUT2D eigenvalue weighted by molar-refractivity contribution is 0.249. The van der Waals surface area contributed by atoms with Gasteiger partial charge in [0, 0.05) is 43.8 Å². The molecule has 2 aliphatic heterocycles. The second kappa shape index (κ2) is 11.5. The van der Waals surface area contributed by atoms with Gasteiger partial charge >= 0.3 is 0 Å². The molecule has 6 nitrogen and oxygen atoms in total. The fourth-order valence-electron chi connectivity index (χ4n) is 4.21. The van der Waals surface area contributed by atoms with Gasteiger partial charge in [-0.2, -0.15) is 0 Å². The van der Waals surface area contributed by atoms with Crippen LogP contribution < -0.4 is 15.5 Å². The lowest BCUT2D eigenvalue weighted by atomic mass is 10.2. The number of guanidine groups is 1. The van der Waals surface area contributed by atoms with Gasteiger partial charge in [-0.15, -0.1) is 35.3 Å². The molecule has 0 amide bonds. The molecular formula is C21H30ClIN6S. The van der Waals surface area contributed by atoms with Crippen molar-refractivity contribution in [3.8, 4) is 0 Å². The van der Waals surface area contributed by atoms with E-state index >= 15 is 0 Å². The summed E-state index contributed by atoms with van der Waals surface area (Å²) in [6, 6.07) is 8.89. The van der Waals surface area contributed by atoms with Crippen LogP contribution in [0.1, 0.15) is 30.2 Å². The number of likely N-dealkylation sites (tertiary alicyclic amines) is 1. The van der Waals surface area contributed by atoms with E-state index in [-0.39, 0.29) is 24.0 Å². The molecule has 0 spiro atoms. The molecule has 0 aliphatic carbocycles. The van der Waals surface area contributed by atoms with Gasteiger partial charge in [0.05, 0.1) is 11.1 Å². The summed E-state index contributed by atoms with van der Waals surface area (Å²) in [6.07, 6.45) is 5.42. The van der Waals surface area contributed by atoms with Crippen molar-refractivity contribution in [2.24, 2.45) is 4.99 Å². The molecule has 2 aliphatic rings. The summed E-state index contributed by atoms with van der Waals surface area (Å²) in [6.45, 7) is 5.04. The van der Waals surface area contributed by atoms with Crippen molar-refractivity contribution in [3.63, 3.8) is 0 Å². The molecule has 4 rings (SSSR count). The SMILES string of the molecule is CN=C(NCC(c1cccs1)N1CCCC1)NC1CCN(c2ncccc2Cl)C1.I. The summed E-state index contributed by atoms with van der Waals surface area (Å²) in [5.41, 5.74) is 0. The van der Waals surface area contributed by atoms with Crippen LogP contribution in [0.4, 0.5) is 5.82 Å². The van der Waals surface area contributed by atoms with Crippen LogP contribution in [0.2, 0.25) is 5.02 Å². The van der Waals surface area contributed by atoms with Crippen LogP contribution in [-0.4, -0.2) is 61.7 Å². The number of aromatic nitrogens is 1. The predicted octanol–water partition coefficient (Wildman–Crippen LogP) is 4.00. The second-order valence-corrected chi connectivity index (χ2v) is 9.00. The molecule has 0 radical (unpaired) electrons. The first kappa shape index (κ1) is 23.6. The number of nitrogens with one attached hydrogen (secondary N) is 2. The molecule has 30 heavy (non-hydrogen) atoms. The van der Waals surface area contributed by atoms with Crippen molar-refractivity contribution >= 4 is 58.7 Å². The fraction of sp³-hybridized carbons (Fsp3) is 0.524. The first-order valence-corrected chi connectivity index (χ1v) is 11.6. The van der Waals surface area contributed by atoms with Gasteiger partial charge in [0.25, 0.3) is 0 Å². The molecule has 2 aromatic heterocycles. The Morgan fingerprint density at radius 3 is 2.83 bits per heavy atom. The van der Waals surface area contributed by atoms with Crippen LogP contribution >= 0.6 is 46.9 Å². The predicted molar refractivity (Wildman–Crippen MR) is 138 cm³/mol. The van der Waals surface area contributed by atoms with Crippen molar-refractivity contribution in [3.05, 3.63) is 45.7 Å². The summed E-state index contributed by atoms with van der Waals surface area (Å²) in [7, 11) is 1.84. The zero-order chi connectivity index (χ0) is 20.1. The Labute approximate surface area is 205 Å². The van der Waals surface area contributed by atoms with E-state index in [0.29, 0.717) is 17.1 Å². The average molecular weight is 561 g/mol. The maximum atomic E-state index is 6.32. The molecule has 2 N–H and O–H groups in total. The van der Waals surface area contributed by atoms with Crippen molar-refractivity contribution in [2.45, 2.75) is 31.3 Å². The Morgan fingerprint density at radius 2 is 2.13 bits per heavy atom. The van der Waals surface area contributed by atoms with E-state index in [4.69, 9.17) is 11.6 Å². The molecule has 0 aromatic carbocycles. The fourth-order valence-corrected chi connectivity index (χ4v) is 5.31. The molecule has 0 saturated carbocycles. The van der Waals surface area contributed by atoms with E-state index in [1.807, 2.05) is 30.5 Å². The van der Waals surface area contributed by atoms with Gasteiger partial charge in [-0.25, -0.2) is 4.98 Å². The minimum Gasteiger partial charge on any atom is -0.354 e. The molecule has 2 unspecified atom stereocenters. The quantitative estimate of drug-likeness (QED) is 0.318. The van der Waals surface area contributed by atoms with Gasteiger partial charge in [-0.05, 0) is 55.9 Å². The van der Waals surface area contributed by atoms with Gasteiger partial charge in [-0.3, -0.25) is 9.89 Å². The maximum absolute atomic E-state index is 6.32. The summed E-state index contributed by atoms with van der Waals surface area (Å²) in [5.74, 6) is 1.73. The van der Waals surface area contributed by atoms with E-state index in [2.05, 4.69) is 47.9 Å². The Bertz CT molecular complexity index is 812. The number of halogens is 2. The highest BCUT2D eigenvalue weighted by Gasteiger charge is 2.27. The monoisotopic (exact) mass is 560 g/mol. The highest BCUT2D eigenvalue weighted by molar-refractivity contribution is 14.0. The van der Waals surface area contributed by atoms with Crippen LogP contribution in [-0.2, 0) is 0 Å². The molecule has 164 valence electrons. The standard InChI is InChI=1S/C21H29ClN6S.HI/c1-23-21(25-14-18(19-7-5-13-29-19)27-10-2-3-11-27)26-16-8-12-28(15-16)20-17(22)6-4-9-24-20;/h4-7,9,13,16,18H,2-3,8,10-12,14-15H2,1H3,(H2,23,25,26);1H. The molecule has 2 saturated heterocycles. The van der Waals surface area contributed by atoms with Crippen molar-refractivity contribution in [1.29, 1.82) is 0 Å². The maximum Gasteiger partial charge on any atom is 0.191 e. The van der Waals surface area contributed by atoms with Crippen LogP contribution in [0.25, 0.3) is 0 Å². The molecule has 2 fully saturated rings. The number of hydrogen-bond acceptors (Lipinski definition) is 5. The Morgan fingerprint density at radius 1 is 1.30 bits per heavy atom. The highest BCUT2D eigenvalue weighted by Crippen LogP contribution is 2.28. The van der Waals surface area contributed by atoms with Crippen molar-refractivity contribution < 1.29 is 0 Å². The molecule has 2 aromatic rings. The van der Waals surface area contributed by atoms with E-state index in [9.17, 15) is 0 Å². The second-order valence-electron chi connectivity index (χ2n) is 7.61. The molecule has 2 atom stereocenters. The van der Waals surface area contributed by atoms with Crippen LogP contribution in [0.15, 0.2) is 40.8 Å². The summed E-state index contributed by atoms with van der Waals surface area (Å²) < 4.78 is 0. The van der Waals surface area contributed by atoms with Gasteiger partial charge in [-0.1, -0.05) is 17.7 Å². The number of anilines is 1. The molecule has 9 heteroatoms. The van der Waals surface area contributed by atoms with Crippen molar-refractivity contribution in [2.75, 3.05) is 44.7 Å². The summed E-state index contributed by atoms with van der Waals surface area (Å²) in [5, 5.41) is 10.0. The van der Waals surface area contributed by atoms with E-state index in [1.54, 1.807) is 6.20 Å². The molecule has 4 heterocycles. The Hall–Kier alpha value is -1.10. The number of hydrogen-bond donors (Lipinski definition) is 2. The molecular weight excluding hydrogens is 531 g/mol. The highest BCUT2D eigenvalue weighted by atomic mass is 127. The van der Waals surface area contributed by atoms with E-state index in [1.165, 1.54) is 30.8 Å². The number of thiophene rings is 1. The summed E-state index contributed by atoms with van der Waals surface area (Å²) >= 11 is 8.16. The minimum absolute atomic E-state index is 0. The molecule has 0 bridgehead atoms. The van der Waals surface area contributed by atoms with Gasteiger partial charge in [0.2, 0.25) is 0 Å². The Kier molecular flexibility index (Phi) is 9.03. The van der Waals surface area contributed by atoms with Crippen molar-refractivity contribution in [1.82, 2.24) is 20.5 Å². The first-order chi connectivity index (χ1) is 14.2. The minimum atomic E-state index is 0. The number of pyridine rings is 1. The lowest BCUT2D eigenvalue weighted by Gasteiger charge is -2.28. The van der Waals surface area contributed by atoms with E-state index < -0.39 is 0 Å². The van der Waals surface area contributed by atoms with Crippen LogP contribution in [0.3, 0.4) is 0 Å². The normalized spacial score (nSPS) is 20.8. The number of aliphatic imine (C=N–C) groups is 1. The Balaban J connectivity index is 0.00000256. The third kappa shape index (κ3) is 5.77. The van der Waals surface area contributed by atoms with Crippen LogP contribution in [0, 0.1) is 0 Å². The topological polar surface area (TPSA) is 55.8 Å². The zero-order valence-corrected chi connectivity index (χ0v) is 21.2. The van der Waals surface area contributed by atoms with Gasteiger partial charge in [0.15, 0.2) is 5.96 Å².